The Morgan fingerprint density at radius 2 is 2.11 bits per heavy atom. The first-order valence-electron chi connectivity index (χ1n) is 12.3. The summed E-state index contributed by atoms with van der Waals surface area (Å²) in [6.07, 6.45) is 0.824. The van der Waals surface area contributed by atoms with E-state index < -0.39 is 19.4 Å². The van der Waals surface area contributed by atoms with Crippen LogP contribution in [-0.4, -0.2) is 90.5 Å². The highest BCUT2D eigenvalue weighted by Crippen LogP contribution is 2.30. The number of nitrogens with one attached hydrogen (secondary N) is 4. The van der Waals surface area contributed by atoms with Crippen LogP contribution in [0.4, 0.5) is 36.4 Å². The molecular formula is C23H32F3N9O2. The molecule has 0 spiro atoms. The lowest BCUT2D eigenvalue weighted by atomic mass is 10.2. The first-order chi connectivity index (χ1) is 17.8. The minimum Gasteiger partial charge on any atom is -0.379 e. The van der Waals surface area contributed by atoms with E-state index in [1.807, 2.05) is 11.8 Å². The summed E-state index contributed by atoms with van der Waals surface area (Å²) in [4.78, 5) is 19.4. The van der Waals surface area contributed by atoms with Gasteiger partial charge in [-0.15, -0.1) is 0 Å². The van der Waals surface area contributed by atoms with Crippen LogP contribution in [0.3, 0.4) is 0 Å². The van der Waals surface area contributed by atoms with Gasteiger partial charge < -0.3 is 35.7 Å². The van der Waals surface area contributed by atoms with Crippen molar-refractivity contribution in [1.29, 1.82) is 5.41 Å². The second kappa shape index (κ2) is 12.4. The van der Waals surface area contributed by atoms with Gasteiger partial charge in [-0.2, -0.15) is 18.2 Å². The Labute approximate surface area is 213 Å². The fourth-order valence-corrected chi connectivity index (χ4v) is 3.79. The van der Waals surface area contributed by atoms with Gasteiger partial charge in [-0.3, -0.25) is 0 Å². The molecule has 3 heterocycles. The minimum absolute atomic E-state index is 0.150. The van der Waals surface area contributed by atoms with Crippen LogP contribution in [0.15, 0.2) is 18.6 Å². The number of hydrogen-bond acceptors (Lipinski definition) is 11. The van der Waals surface area contributed by atoms with E-state index in [2.05, 4.69) is 30.9 Å². The molecule has 14 heteroatoms. The Balaban J connectivity index is 1.62. The molecule has 1 aliphatic heterocycles. The lowest BCUT2D eigenvalue weighted by Crippen LogP contribution is -2.50. The lowest BCUT2D eigenvalue weighted by Gasteiger charge is -2.32. The third kappa shape index (κ3) is 8.47. The second-order valence-corrected chi connectivity index (χ2v) is 9.15. The van der Waals surface area contributed by atoms with Crippen LogP contribution < -0.4 is 20.9 Å². The number of ether oxygens (including phenoxy) is 2. The van der Waals surface area contributed by atoms with Crippen LogP contribution in [0.2, 0.25) is 0 Å². The Morgan fingerprint density at radius 1 is 1.27 bits per heavy atom. The van der Waals surface area contributed by atoms with Gasteiger partial charge in [0.15, 0.2) is 5.82 Å². The van der Waals surface area contributed by atoms with Crippen molar-refractivity contribution < 1.29 is 22.6 Å². The summed E-state index contributed by atoms with van der Waals surface area (Å²) in [5, 5.41) is 18.3. The molecule has 0 bridgehead atoms. The third-order valence-corrected chi connectivity index (χ3v) is 5.77. The van der Waals surface area contributed by atoms with Gasteiger partial charge >= 0.3 is 6.18 Å². The van der Waals surface area contributed by atoms with Crippen LogP contribution in [0.5, 0.6) is 0 Å². The van der Waals surface area contributed by atoms with Crippen LogP contribution in [0, 0.1) is 11.3 Å². The molecular weight excluding hydrogens is 491 g/mol. The van der Waals surface area contributed by atoms with Gasteiger partial charge in [0, 0.05) is 45.0 Å². The van der Waals surface area contributed by atoms with Crippen LogP contribution in [-0.2, 0) is 9.47 Å². The maximum Gasteiger partial charge on any atom is 0.411 e. The highest BCUT2D eigenvalue weighted by molar-refractivity contribution is 6.04. The Morgan fingerprint density at radius 3 is 2.81 bits per heavy atom. The molecule has 1 saturated carbocycles. The predicted molar refractivity (Wildman–Crippen MR) is 133 cm³/mol. The fraction of sp³-hybridized carbons (Fsp3) is 0.609. The van der Waals surface area contributed by atoms with E-state index in [1.165, 1.54) is 19.2 Å². The highest BCUT2D eigenvalue weighted by Gasteiger charge is 2.29. The van der Waals surface area contributed by atoms with Crippen LogP contribution in [0.1, 0.15) is 25.5 Å². The molecule has 11 nitrogen and oxygen atoms in total. The zero-order valence-electron chi connectivity index (χ0n) is 20.6. The summed E-state index contributed by atoms with van der Waals surface area (Å²) in [5.74, 6) is 1.78. The summed E-state index contributed by atoms with van der Waals surface area (Å²) in [6, 6.07) is 1.85. The molecule has 0 radical (unpaired) electrons. The number of nitrogens with zero attached hydrogens (tertiary/aromatic N) is 5. The number of aromatic nitrogens is 4. The zero-order chi connectivity index (χ0) is 26.3. The van der Waals surface area contributed by atoms with Crippen LogP contribution >= 0.6 is 0 Å². The maximum absolute atomic E-state index is 12.7. The quantitative estimate of drug-likeness (QED) is 0.229. The van der Waals surface area contributed by atoms with E-state index in [1.54, 1.807) is 12.3 Å². The smallest absolute Gasteiger partial charge is 0.379 e. The van der Waals surface area contributed by atoms with Crippen molar-refractivity contribution >= 4 is 29.0 Å². The summed E-state index contributed by atoms with van der Waals surface area (Å²) >= 11 is 0. The number of hydrogen-bond donors (Lipinski definition) is 4. The highest BCUT2D eigenvalue weighted by atomic mass is 19.4. The Kier molecular flexibility index (Phi) is 9.05. The van der Waals surface area contributed by atoms with Gasteiger partial charge in [-0.1, -0.05) is 0 Å². The van der Waals surface area contributed by atoms with Gasteiger partial charge in [0.2, 0.25) is 5.95 Å². The molecule has 4 N–H and O–H groups in total. The molecule has 202 valence electrons. The summed E-state index contributed by atoms with van der Waals surface area (Å²) in [6.45, 7) is 3.51. The Bertz CT molecular complexity index is 1040. The van der Waals surface area contributed by atoms with E-state index in [-0.39, 0.29) is 17.4 Å². The summed E-state index contributed by atoms with van der Waals surface area (Å²) in [5.41, 5.74) is 0.307. The van der Waals surface area contributed by atoms with Crippen LogP contribution in [0.25, 0.3) is 0 Å². The van der Waals surface area contributed by atoms with Crippen molar-refractivity contribution in [2.75, 3.05) is 68.1 Å². The maximum atomic E-state index is 12.7. The topological polar surface area (TPSA) is 133 Å². The zero-order valence-corrected chi connectivity index (χ0v) is 20.6. The van der Waals surface area contributed by atoms with Gasteiger partial charge in [0.25, 0.3) is 0 Å². The average molecular weight is 524 g/mol. The summed E-state index contributed by atoms with van der Waals surface area (Å²) in [7, 11) is 0. The normalized spacial score (nSPS) is 18.1. The molecule has 37 heavy (non-hydrogen) atoms. The molecule has 2 aliphatic rings. The second-order valence-electron chi connectivity index (χ2n) is 9.15. The Hall–Kier alpha value is -3.10. The fourth-order valence-electron chi connectivity index (χ4n) is 3.79. The van der Waals surface area contributed by atoms with Gasteiger partial charge in [-0.05, 0) is 31.7 Å². The van der Waals surface area contributed by atoms with Gasteiger partial charge in [-0.25, -0.2) is 15.0 Å². The SMILES string of the molecule is CC1CN(c2nc(Nc3ccncn3)c(NCCOCC3CC3)c(C(=N)COCC(F)(F)F)n2)CCN1. The standard InChI is InChI=1S/C23H32F3N9O2/c1-15-10-35(8-6-29-15)22-33-19(17(27)12-37-13-23(24,25)26)20(30-7-9-36-11-16-2-3-16)21(34-22)32-18-4-5-28-14-31-18/h4-5,14-16,27,29-30H,2-3,6-13H2,1H3,(H,28,31,32,33,34). The molecule has 1 atom stereocenters. The van der Waals surface area contributed by atoms with E-state index in [0.29, 0.717) is 62.0 Å². The van der Waals surface area contributed by atoms with E-state index in [0.717, 1.165) is 6.54 Å². The molecule has 0 amide bonds. The molecule has 0 aromatic carbocycles. The largest absolute Gasteiger partial charge is 0.411 e. The van der Waals surface area contributed by atoms with Crippen molar-refractivity contribution in [2.24, 2.45) is 5.92 Å². The third-order valence-electron chi connectivity index (χ3n) is 5.77. The molecule has 2 aromatic rings. The molecule has 2 aromatic heterocycles. The number of halogens is 3. The van der Waals surface area contributed by atoms with Crippen molar-refractivity contribution in [2.45, 2.75) is 32.0 Å². The molecule has 1 aliphatic carbocycles. The number of anilines is 4. The van der Waals surface area contributed by atoms with Crippen molar-refractivity contribution in [3.63, 3.8) is 0 Å². The van der Waals surface area contributed by atoms with E-state index in [4.69, 9.17) is 19.9 Å². The van der Waals surface area contributed by atoms with E-state index >= 15 is 0 Å². The number of piperazine rings is 1. The van der Waals surface area contributed by atoms with Crippen molar-refractivity contribution in [3.8, 4) is 0 Å². The molecule has 1 saturated heterocycles. The van der Waals surface area contributed by atoms with Crippen molar-refractivity contribution in [3.05, 3.63) is 24.3 Å². The van der Waals surface area contributed by atoms with Gasteiger partial charge in [0.05, 0.1) is 18.9 Å². The first kappa shape index (κ1) is 26.9. The first-order valence-corrected chi connectivity index (χ1v) is 12.3. The monoisotopic (exact) mass is 523 g/mol. The number of rotatable bonds is 13. The lowest BCUT2D eigenvalue weighted by molar-refractivity contribution is -0.170. The number of alkyl halides is 3. The van der Waals surface area contributed by atoms with Gasteiger partial charge in [0.1, 0.15) is 30.1 Å². The van der Waals surface area contributed by atoms with E-state index in [9.17, 15) is 13.2 Å². The minimum atomic E-state index is -4.49. The summed E-state index contributed by atoms with van der Waals surface area (Å²) < 4.78 is 48.5. The molecule has 1 unspecified atom stereocenters. The predicted octanol–water partition coefficient (Wildman–Crippen LogP) is 2.59. The van der Waals surface area contributed by atoms with Crippen molar-refractivity contribution in [1.82, 2.24) is 25.3 Å². The average Bonchev–Trinajstić information content (AvgIpc) is 3.68. The molecule has 4 rings (SSSR count). The molecule has 2 fully saturated rings.